The molecular weight excluding hydrogens is 316 g/mol. The molecule has 0 amide bonds. The minimum atomic E-state index is -1.24. The molecule has 0 saturated carbocycles. The van der Waals surface area contributed by atoms with Crippen LogP contribution in [0.3, 0.4) is 0 Å². The highest BCUT2D eigenvalue weighted by molar-refractivity contribution is 7.86. The summed E-state index contributed by atoms with van der Waals surface area (Å²) in [5.41, 5.74) is 1.52. The molecule has 3 aromatic rings. The molecule has 0 fully saturated rings. The minimum absolute atomic E-state index is 0.407. The van der Waals surface area contributed by atoms with Crippen molar-refractivity contribution >= 4 is 21.6 Å². The number of benzene rings is 3. The van der Waals surface area contributed by atoms with Crippen LogP contribution in [0.2, 0.25) is 0 Å². The van der Waals surface area contributed by atoms with Crippen LogP contribution in [-0.4, -0.2) is 14.1 Å². The zero-order valence-corrected chi connectivity index (χ0v) is 15.0. The largest absolute Gasteiger partial charge is 0.384 e. The van der Waals surface area contributed by atoms with Gasteiger partial charge in [-0.15, -0.1) is 0 Å². The number of aliphatic hydroxyl groups excluding tert-OH is 1. The summed E-state index contributed by atoms with van der Waals surface area (Å²) in [5, 5.41) is 12.9. The van der Waals surface area contributed by atoms with Crippen molar-refractivity contribution < 1.29 is 9.32 Å². The molecule has 0 spiro atoms. The van der Waals surface area contributed by atoms with Crippen LogP contribution in [0, 0.1) is 0 Å². The quantitative estimate of drug-likeness (QED) is 0.743. The lowest BCUT2D eigenvalue weighted by molar-refractivity contribution is 0.217. The predicted octanol–water partition coefficient (Wildman–Crippen LogP) is 4.83. The second-order valence-electron chi connectivity index (χ2n) is 6.90. The summed E-state index contributed by atoms with van der Waals surface area (Å²) < 4.78 is 12.8. The van der Waals surface area contributed by atoms with E-state index in [1.54, 1.807) is 0 Å². The van der Waals surface area contributed by atoms with Crippen LogP contribution in [0.5, 0.6) is 0 Å². The number of fused-ring (bicyclic) bond motifs is 1. The van der Waals surface area contributed by atoms with Gasteiger partial charge in [0.25, 0.3) is 0 Å². The maximum Gasteiger partial charge on any atom is 0.105 e. The van der Waals surface area contributed by atoms with E-state index in [4.69, 9.17) is 0 Å². The summed E-state index contributed by atoms with van der Waals surface area (Å²) in [6.07, 6.45) is -0.794. The Morgan fingerprint density at radius 3 is 2.17 bits per heavy atom. The Bertz CT molecular complexity index is 879. The first-order valence-corrected chi connectivity index (χ1v) is 9.21. The maximum absolute atomic E-state index is 13.2. The molecule has 0 radical (unpaired) electrons. The molecule has 0 saturated heterocycles. The fourth-order valence-corrected chi connectivity index (χ4v) is 4.19. The summed E-state index contributed by atoms with van der Waals surface area (Å²) in [4.78, 5) is 0.733. The lowest BCUT2D eigenvalue weighted by Gasteiger charge is -2.24. The van der Waals surface area contributed by atoms with Crippen LogP contribution in [0.1, 0.15) is 38.0 Å². The van der Waals surface area contributed by atoms with Gasteiger partial charge in [-0.1, -0.05) is 66.7 Å². The van der Waals surface area contributed by atoms with E-state index in [2.05, 4.69) is 0 Å². The Kier molecular flexibility index (Phi) is 4.57. The molecule has 24 heavy (non-hydrogen) atoms. The molecule has 0 aromatic heterocycles. The third-order valence-corrected chi connectivity index (χ3v) is 6.00. The molecule has 124 valence electrons. The molecule has 1 unspecified atom stereocenters. The van der Waals surface area contributed by atoms with Crippen molar-refractivity contribution in [3.63, 3.8) is 0 Å². The average molecular weight is 338 g/mol. The minimum Gasteiger partial charge on any atom is -0.384 e. The third-order valence-electron chi connectivity index (χ3n) is 4.06. The van der Waals surface area contributed by atoms with Gasteiger partial charge in [0.05, 0.1) is 15.7 Å². The summed E-state index contributed by atoms with van der Waals surface area (Å²) >= 11 is 0. The molecule has 2 atom stereocenters. The molecule has 3 rings (SSSR count). The second-order valence-corrected chi connectivity index (χ2v) is 9.07. The van der Waals surface area contributed by atoms with Gasteiger partial charge in [-0.2, -0.15) is 0 Å². The Labute approximate surface area is 145 Å². The Morgan fingerprint density at radius 1 is 0.875 bits per heavy atom. The van der Waals surface area contributed by atoms with Gasteiger partial charge >= 0.3 is 0 Å². The SMILES string of the molecule is CC(C)(C)S(=O)c1c([C@@H](O)c2ccccc2)ccc2ccccc12. The van der Waals surface area contributed by atoms with Gasteiger partial charge in [-0.25, -0.2) is 0 Å². The van der Waals surface area contributed by atoms with Crippen LogP contribution >= 0.6 is 0 Å². The first-order chi connectivity index (χ1) is 11.4. The van der Waals surface area contributed by atoms with Gasteiger partial charge in [-0.3, -0.25) is 4.21 Å². The molecular formula is C21H22O2S. The van der Waals surface area contributed by atoms with Gasteiger partial charge in [0, 0.05) is 10.3 Å². The molecule has 0 aliphatic carbocycles. The van der Waals surface area contributed by atoms with Gasteiger partial charge in [0.1, 0.15) is 6.10 Å². The zero-order chi connectivity index (χ0) is 17.3. The number of hydrogen-bond donors (Lipinski definition) is 1. The van der Waals surface area contributed by atoms with Crippen molar-refractivity contribution in [2.24, 2.45) is 0 Å². The van der Waals surface area contributed by atoms with Crippen LogP contribution in [0.25, 0.3) is 10.8 Å². The van der Waals surface area contributed by atoms with Gasteiger partial charge < -0.3 is 5.11 Å². The summed E-state index contributed by atoms with van der Waals surface area (Å²) in [7, 11) is -1.24. The van der Waals surface area contributed by atoms with Crippen molar-refractivity contribution in [1.29, 1.82) is 0 Å². The molecule has 3 aromatic carbocycles. The van der Waals surface area contributed by atoms with E-state index in [0.717, 1.165) is 21.2 Å². The molecule has 0 aliphatic heterocycles. The highest BCUT2D eigenvalue weighted by Crippen LogP contribution is 2.35. The fourth-order valence-electron chi connectivity index (χ4n) is 2.80. The van der Waals surface area contributed by atoms with Gasteiger partial charge in [0.2, 0.25) is 0 Å². The lowest BCUT2D eigenvalue weighted by Crippen LogP contribution is -2.23. The van der Waals surface area contributed by atoms with E-state index in [-0.39, 0.29) is 0 Å². The van der Waals surface area contributed by atoms with Crippen molar-refractivity contribution in [2.45, 2.75) is 36.5 Å². The third kappa shape index (κ3) is 3.14. The first kappa shape index (κ1) is 16.9. The Morgan fingerprint density at radius 2 is 1.50 bits per heavy atom. The predicted molar refractivity (Wildman–Crippen MR) is 101 cm³/mol. The lowest BCUT2D eigenvalue weighted by atomic mass is 9.98. The van der Waals surface area contributed by atoms with Crippen molar-refractivity contribution in [3.05, 3.63) is 77.9 Å². The average Bonchev–Trinajstić information content (AvgIpc) is 2.59. The standard InChI is InChI=1S/C21H22O2S/c1-21(2,3)24(23)20-17-12-8-7-9-15(17)13-14-18(20)19(22)16-10-5-4-6-11-16/h4-14,19,22H,1-3H3/t19-,24?/m0/s1. The van der Waals surface area contributed by atoms with Crippen LogP contribution < -0.4 is 0 Å². The molecule has 0 heterocycles. The summed E-state index contributed by atoms with van der Waals surface area (Å²) in [5.74, 6) is 0. The maximum atomic E-state index is 13.2. The van der Waals surface area contributed by atoms with Crippen LogP contribution in [-0.2, 0) is 10.8 Å². The molecule has 2 nitrogen and oxygen atoms in total. The Balaban J connectivity index is 2.26. The van der Waals surface area contributed by atoms with Crippen molar-refractivity contribution in [3.8, 4) is 0 Å². The number of rotatable bonds is 3. The van der Waals surface area contributed by atoms with Crippen molar-refractivity contribution in [2.75, 3.05) is 0 Å². The number of aliphatic hydroxyl groups is 1. The fraction of sp³-hybridized carbons (Fsp3) is 0.238. The molecule has 1 N–H and O–H groups in total. The summed E-state index contributed by atoms with van der Waals surface area (Å²) in [6, 6.07) is 21.3. The molecule has 0 aliphatic rings. The molecule has 0 bridgehead atoms. The van der Waals surface area contributed by atoms with E-state index in [9.17, 15) is 9.32 Å². The smallest absolute Gasteiger partial charge is 0.105 e. The van der Waals surface area contributed by atoms with Crippen molar-refractivity contribution in [1.82, 2.24) is 0 Å². The zero-order valence-electron chi connectivity index (χ0n) is 14.2. The van der Waals surface area contributed by atoms with E-state index in [1.165, 1.54) is 0 Å². The highest BCUT2D eigenvalue weighted by atomic mass is 32.2. The monoisotopic (exact) mass is 338 g/mol. The Hall–Kier alpha value is -1.97. The van der Waals surface area contributed by atoms with E-state index in [1.807, 2.05) is 87.5 Å². The second kappa shape index (κ2) is 6.50. The first-order valence-electron chi connectivity index (χ1n) is 8.06. The normalized spacial score (nSPS) is 14.5. The van der Waals surface area contributed by atoms with Gasteiger partial charge in [-0.05, 0) is 37.1 Å². The van der Waals surface area contributed by atoms with Gasteiger partial charge in [0.15, 0.2) is 0 Å². The van der Waals surface area contributed by atoms with Crippen LogP contribution in [0.4, 0.5) is 0 Å². The summed E-state index contributed by atoms with van der Waals surface area (Å²) in [6.45, 7) is 5.89. The van der Waals surface area contributed by atoms with E-state index < -0.39 is 21.7 Å². The highest BCUT2D eigenvalue weighted by Gasteiger charge is 2.28. The van der Waals surface area contributed by atoms with E-state index in [0.29, 0.717) is 5.56 Å². The van der Waals surface area contributed by atoms with E-state index >= 15 is 0 Å². The molecule has 3 heteroatoms. The topological polar surface area (TPSA) is 37.3 Å². The van der Waals surface area contributed by atoms with Crippen LogP contribution in [0.15, 0.2) is 71.6 Å². The number of hydrogen-bond acceptors (Lipinski definition) is 2.